The number of nitrogens with one attached hydrogen (secondary N) is 1. The zero-order chi connectivity index (χ0) is 12.1. The third kappa shape index (κ3) is 3.75. The van der Waals surface area contributed by atoms with Crippen LogP contribution < -0.4 is 5.32 Å². The molecular weight excluding hydrogens is 218 g/mol. The van der Waals surface area contributed by atoms with Crippen LogP contribution in [0, 0.1) is 0 Å². The van der Waals surface area contributed by atoms with E-state index < -0.39 is 0 Å². The topological polar surface area (TPSA) is 50.9 Å². The molecule has 92 valence electrons. The molecule has 1 saturated heterocycles. The summed E-state index contributed by atoms with van der Waals surface area (Å²) in [5.74, 6) is 0. The third-order valence-electron chi connectivity index (χ3n) is 2.69. The van der Waals surface area contributed by atoms with Gasteiger partial charge in [-0.2, -0.15) is 0 Å². The molecular formula is C13H17NO3. The second-order valence-electron chi connectivity index (χ2n) is 4.03. The monoisotopic (exact) mass is 235 g/mol. The van der Waals surface area contributed by atoms with Crippen LogP contribution in [0.1, 0.15) is 12.5 Å². The lowest BCUT2D eigenvalue weighted by Gasteiger charge is -2.16. The fourth-order valence-electron chi connectivity index (χ4n) is 1.76. The zero-order valence-corrected chi connectivity index (χ0v) is 9.89. The van der Waals surface area contributed by atoms with Crippen molar-refractivity contribution in [2.75, 3.05) is 13.2 Å². The van der Waals surface area contributed by atoms with Gasteiger partial charge < -0.3 is 14.8 Å². The first-order valence-corrected chi connectivity index (χ1v) is 5.88. The molecule has 0 aromatic heterocycles. The van der Waals surface area contributed by atoms with E-state index in [1.165, 1.54) is 5.56 Å². The highest BCUT2D eigenvalue weighted by Gasteiger charge is 2.34. The van der Waals surface area contributed by atoms with E-state index in [9.17, 15) is 4.79 Å². The first kappa shape index (κ1) is 11.9. The zero-order valence-electron chi connectivity index (χ0n) is 9.89. The van der Waals surface area contributed by atoms with Crippen LogP contribution in [0.2, 0.25) is 0 Å². The Morgan fingerprint density at radius 2 is 2.24 bits per heavy atom. The van der Waals surface area contributed by atoms with E-state index in [-0.39, 0.29) is 18.2 Å². The lowest BCUT2D eigenvalue weighted by molar-refractivity contribution is 0.145. The smallest absolute Gasteiger partial charge is 0.407 e. The van der Waals surface area contributed by atoms with Crippen LogP contribution in [0.15, 0.2) is 30.3 Å². The summed E-state index contributed by atoms with van der Waals surface area (Å²) >= 11 is 0. The van der Waals surface area contributed by atoms with Crippen molar-refractivity contribution in [3.05, 3.63) is 35.9 Å². The highest BCUT2D eigenvalue weighted by atomic mass is 16.6. The molecule has 1 heterocycles. The predicted octanol–water partition coefficient (Wildman–Crippen LogP) is 1.74. The number of carbonyl (C=O) groups excluding carboxylic acids is 1. The van der Waals surface area contributed by atoms with Crippen molar-refractivity contribution in [1.29, 1.82) is 0 Å². The van der Waals surface area contributed by atoms with E-state index in [2.05, 4.69) is 5.32 Å². The van der Waals surface area contributed by atoms with E-state index >= 15 is 0 Å². The van der Waals surface area contributed by atoms with Crippen molar-refractivity contribution in [3.8, 4) is 0 Å². The number of hydrogen-bond acceptors (Lipinski definition) is 3. The molecule has 1 fully saturated rings. The Morgan fingerprint density at radius 3 is 2.82 bits per heavy atom. The SMILES string of the molecule is CCOC(=O)N[C@@H](Cc1ccccc1)C1CO1. The van der Waals surface area contributed by atoms with Crippen LogP contribution in [0.3, 0.4) is 0 Å². The van der Waals surface area contributed by atoms with Crippen LogP contribution in [0.25, 0.3) is 0 Å². The molecule has 4 heteroatoms. The van der Waals surface area contributed by atoms with Gasteiger partial charge in [-0.25, -0.2) is 4.79 Å². The second kappa shape index (κ2) is 5.68. The first-order chi connectivity index (χ1) is 8.29. The molecule has 1 aliphatic heterocycles. The van der Waals surface area contributed by atoms with Gasteiger partial charge in [0.2, 0.25) is 0 Å². The Labute approximate surface area is 101 Å². The van der Waals surface area contributed by atoms with E-state index in [1.54, 1.807) is 6.92 Å². The normalized spacial score (nSPS) is 19.5. The summed E-state index contributed by atoms with van der Waals surface area (Å²) in [5, 5.41) is 2.84. The van der Waals surface area contributed by atoms with Gasteiger partial charge in [-0.1, -0.05) is 30.3 Å². The molecule has 0 spiro atoms. The number of alkyl carbamates (subject to hydrolysis) is 1. The highest BCUT2D eigenvalue weighted by molar-refractivity contribution is 5.67. The summed E-state index contributed by atoms with van der Waals surface area (Å²) in [5.41, 5.74) is 1.18. The Kier molecular flexibility index (Phi) is 3.98. The number of rotatable bonds is 5. The molecule has 0 saturated carbocycles. The van der Waals surface area contributed by atoms with Gasteiger partial charge >= 0.3 is 6.09 Å². The molecule has 1 aromatic rings. The van der Waals surface area contributed by atoms with Gasteiger partial charge in [0.25, 0.3) is 0 Å². The maximum absolute atomic E-state index is 11.4. The lowest BCUT2D eigenvalue weighted by Crippen LogP contribution is -2.40. The third-order valence-corrected chi connectivity index (χ3v) is 2.69. The van der Waals surface area contributed by atoms with Crippen LogP contribution in [-0.2, 0) is 15.9 Å². The predicted molar refractivity (Wildman–Crippen MR) is 63.8 cm³/mol. The van der Waals surface area contributed by atoms with Gasteiger partial charge in [0.1, 0.15) is 6.10 Å². The van der Waals surface area contributed by atoms with Crippen molar-refractivity contribution in [3.63, 3.8) is 0 Å². The van der Waals surface area contributed by atoms with Crippen molar-refractivity contribution in [2.24, 2.45) is 0 Å². The minimum Gasteiger partial charge on any atom is -0.450 e. The molecule has 0 aliphatic carbocycles. The maximum Gasteiger partial charge on any atom is 0.407 e. The summed E-state index contributed by atoms with van der Waals surface area (Å²) in [6.07, 6.45) is 0.521. The highest BCUT2D eigenvalue weighted by Crippen LogP contribution is 2.18. The van der Waals surface area contributed by atoms with Gasteiger partial charge in [-0.05, 0) is 18.9 Å². The average molecular weight is 235 g/mol. The number of epoxide rings is 1. The van der Waals surface area contributed by atoms with Crippen LogP contribution >= 0.6 is 0 Å². The standard InChI is InChI=1S/C13H17NO3/c1-2-16-13(15)14-11(12-9-17-12)8-10-6-4-3-5-7-10/h3-7,11-12H,2,8-9H2,1H3,(H,14,15)/t11-,12?/m0/s1. The maximum atomic E-state index is 11.4. The van der Waals surface area contributed by atoms with E-state index in [1.807, 2.05) is 30.3 Å². The Hall–Kier alpha value is -1.55. The van der Waals surface area contributed by atoms with Crippen LogP contribution in [0.5, 0.6) is 0 Å². The largest absolute Gasteiger partial charge is 0.450 e. The second-order valence-corrected chi connectivity index (χ2v) is 4.03. The average Bonchev–Trinajstić information content (AvgIpc) is 3.14. The van der Waals surface area contributed by atoms with E-state index in [4.69, 9.17) is 9.47 Å². The van der Waals surface area contributed by atoms with Crippen LogP contribution in [-0.4, -0.2) is 31.5 Å². The number of amides is 1. The molecule has 1 aliphatic rings. The molecule has 1 aromatic carbocycles. The number of hydrogen-bond donors (Lipinski definition) is 1. The first-order valence-electron chi connectivity index (χ1n) is 5.88. The summed E-state index contributed by atoms with van der Waals surface area (Å²) in [6, 6.07) is 10.0. The van der Waals surface area contributed by atoms with Gasteiger partial charge in [-0.3, -0.25) is 0 Å². The van der Waals surface area contributed by atoms with Gasteiger partial charge in [0.15, 0.2) is 0 Å². The minimum atomic E-state index is -0.371. The van der Waals surface area contributed by atoms with Crippen molar-refractivity contribution in [1.82, 2.24) is 5.32 Å². The molecule has 4 nitrogen and oxygen atoms in total. The van der Waals surface area contributed by atoms with Crippen molar-refractivity contribution >= 4 is 6.09 Å². The van der Waals surface area contributed by atoms with Gasteiger partial charge in [0.05, 0.1) is 19.3 Å². The Morgan fingerprint density at radius 1 is 1.53 bits per heavy atom. The molecule has 2 atom stereocenters. The number of benzene rings is 1. The molecule has 1 unspecified atom stereocenters. The Bertz CT molecular complexity index is 362. The van der Waals surface area contributed by atoms with Crippen molar-refractivity contribution in [2.45, 2.75) is 25.5 Å². The molecule has 2 rings (SSSR count). The molecule has 1 N–H and O–H groups in total. The number of carbonyl (C=O) groups is 1. The summed E-state index contributed by atoms with van der Waals surface area (Å²) in [4.78, 5) is 11.4. The fraction of sp³-hybridized carbons (Fsp3) is 0.462. The molecule has 0 bridgehead atoms. The number of ether oxygens (including phenoxy) is 2. The van der Waals surface area contributed by atoms with Gasteiger partial charge in [0, 0.05) is 0 Å². The molecule has 1 amide bonds. The van der Waals surface area contributed by atoms with Gasteiger partial charge in [-0.15, -0.1) is 0 Å². The Balaban J connectivity index is 1.91. The van der Waals surface area contributed by atoms with E-state index in [0.717, 1.165) is 6.42 Å². The van der Waals surface area contributed by atoms with Crippen molar-refractivity contribution < 1.29 is 14.3 Å². The fourth-order valence-corrected chi connectivity index (χ4v) is 1.76. The quantitative estimate of drug-likeness (QED) is 0.791. The minimum absolute atomic E-state index is 0.00329. The van der Waals surface area contributed by atoms with Crippen LogP contribution in [0.4, 0.5) is 4.79 Å². The molecule has 0 radical (unpaired) electrons. The summed E-state index contributed by atoms with van der Waals surface area (Å²) < 4.78 is 10.1. The molecule has 17 heavy (non-hydrogen) atoms. The summed E-state index contributed by atoms with van der Waals surface area (Å²) in [7, 11) is 0. The van der Waals surface area contributed by atoms with E-state index in [0.29, 0.717) is 13.2 Å². The summed E-state index contributed by atoms with van der Waals surface area (Å²) in [6.45, 7) is 2.89. The lowest BCUT2D eigenvalue weighted by atomic mass is 10.0.